The SMILES string of the molecule is Cc1ccc([C@H]2C[C@H]2C(=O)NCCCO)s1. The molecule has 0 spiro atoms. The Morgan fingerprint density at radius 3 is 3.06 bits per heavy atom. The molecule has 3 nitrogen and oxygen atoms in total. The quantitative estimate of drug-likeness (QED) is 0.768. The molecule has 0 unspecified atom stereocenters. The fourth-order valence-corrected chi connectivity index (χ4v) is 2.93. The van der Waals surface area contributed by atoms with Crippen LogP contribution in [0.15, 0.2) is 12.1 Å². The first kappa shape index (κ1) is 11.6. The molecule has 0 radical (unpaired) electrons. The summed E-state index contributed by atoms with van der Waals surface area (Å²) in [5, 5.41) is 11.5. The molecule has 0 bridgehead atoms. The molecule has 1 aromatic rings. The van der Waals surface area contributed by atoms with Crippen LogP contribution in [-0.2, 0) is 4.79 Å². The second-order valence-electron chi connectivity index (χ2n) is 4.27. The van der Waals surface area contributed by atoms with Crippen molar-refractivity contribution in [2.24, 2.45) is 5.92 Å². The third-order valence-electron chi connectivity index (χ3n) is 2.89. The average Bonchev–Trinajstić information content (AvgIpc) is 2.95. The Balaban J connectivity index is 1.80. The average molecular weight is 239 g/mol. The molecule has 1 heterocycles. The molecule has 2 N–H and O–H groups in total. The number of rotatable bonds is 5. The van der Waals surface area contributed by atoms with Gasteiger partial charge in [-0.05, 0) is 31.9 Å². The van der Waals surface area contributed by atoms with Gasteiger partial charge in [0.1, 0.15) is 0 Å². The zero-order valence-corrected chi connectivity index (χ0v) is 10.2. The Morgan fingerprint density at radius 1 is 1.62 bits per heavy atom. The number of carbonyl (C=O) groups excluding carboxylic acids is 1. The highest BCUT2D eigenvalue weighted by molar-refractivity contribution is 7.12. The zero-order valence-electron chi connectivity index (χ0n) is 9.40. The van der Waals surface area contributed by atoms with Crippen LogP contribution in [0.4, 0.5) is 0 Å². The van der Waals surface area contributed by atoms with Crippen molar-refractivity contribution in [3.8, 4) is 0 Å². The van der Waals surface area contributed by atoms with E-state index in [2.05, 4.69) is 24.4 Å². The van der Waals surface area contributed by atoms with Gasteiger partial charge < -0.3 is 10.4 Å². The van der Waals surface area contributed by atoms with Crippen molar-refractivity contribution >= 4 is 17.2 Å². The molecule has 0 aromatic carbocycles. The Bertz CT molecular complexity index is 375. The maximum atomic E-state index is 11.7. The fourth-order valence-electron chi connectivity index (χ4n) is 1.87. The van der Waals surface area contributed by atoms with E-state index in [1.54, 1.807) is 11.3 Å². The lowest BCUT2D eigenvalue weighted by Gasteiger charge is -2.02. The fraction of sp³-hybridized carbons (Fsp3) is 0.583. The van der Waals surface area contributed by atoms with Crippen LogP contribution in [0.1, 0.15) is 28.5 Å². The Hall–Kier alpha value is -0.870. The number of nitrogens with one attached hydrogen (secondary N) is 1. The van der Waals surface area contributed by atoms with Gasteiger partial charge in [0, 0.05) is 34.7 Å². The van der Waals surface area contributed by atoms with E-state index in [4.69, 9.17) is 5.11 Å². The Morgan fingerprint density at radius 2 is 2.44 bits per heavy atom. The van der Waals surface area contributed by atoms with Crippen molar-refractivity contribution in [2.45, 2.75) is 25.7 Å². The highest BCUT2D eigenvalue weighted by atomic mass is 32.1. The van der Waals surface area contributed by atoms with E-state index in [1.807, 2.05) is 0 Å². The van der Waals surface area contributed by atoms with Crippen LogP contribution in [0.25, 0.3) is 0 Å². The largest absolute Gasteiger partial charge is 0.396 e. The van der Waals surface area contributed by atoms with Gasteiger partial charge in [-0.25, -0.2) is 0 Å². The first-order chi connectivity index (χ1) is 7.72. The van der Waals surface area contributed by atoms with E-state index in [0.29, 0.717) is 18.9 Å². The summed E-state index contributed by atoms with van der Waals surface area (Å²) in [5.74, 6) is 0.745. The number of aliphatic hydroxyl groups is 1. The van der Waals surface area contributed by atoms with Gasteiger partial charge >= 0.3 is 0 Å². The van der Waals surface area contributed by atoms with Gasteiger partial charge in [0.25, 0.3) is 0 Å². The van der Waals surface area contributed by atoms with Crippen molar-refractivity contribution < 1.29 is 9.90 Å². The Kier molecular flexibility index (Phi) is 3.61. The highest BCUT2D eigenvalue weighted by Crippen LogP contribution is 2.49. The molecule has 1 aliphatic carbocycles. The van der Waals surface area contributed by atoms with E-state index < -0.39 is 0 Å². The molecule has 0 aliphatic heterocycles. The summed E-state index contributed by atoms with van der Waals surface area (Å²) in [6, 6.07) is 4.24. The summed E-state index contributed by atoms with van der Waals surface area (Å²) in [6.45, 7) is 2.81. The summed E-state index contributed by atoms with van der Waals surface area (Å²) in [5.41, 5.74) is 0. The van der Waals surface area contributed by atoms with E-state index >= 15 is 0 Å². The van der Waals surface area contributed by atoms with Crippen molar-refractivity contribution in [1.29, 1.82) is 0 Å². The van der Waals surface area contributed by atoms with E-state index in [1.165, 1.54) is 9.75 Å². The van der Waals surface area contributed by atoms with Gasteiger partial charge in [0.2, 0.25) is 5.91 Å². The summed E-state index contributed by atoms with van der Waals surface area (Å²) in [7, 11) is 0. The minimum Gasteiger partial charge on any atom is -0.396 e. The lowest BCUT2D eigenvalue weighted by atomic mass is 10.2. The highest BCUT2D eigenvalue weighted by Gasteiger charge is 2.44. The maximum Gasteiger partial charge on any atom is 0.223 e. The molecular weight excluding hydrogens is 222 g/mol. The molecule has 88 valence electrons. The predicted octanol–water partition coefficient (Wildman–Crippen LogP) is 1.66. The van der Waals surface area contributed by atoms with Crippen LogP contribution in [0, 0.1) is 12.8 Å². The molecule has 16 heavy (non-hydrogen) atoms. The number of amides is 1. The van der Waals surface area contributed by atoms with E-state index in [0.717, 1.165) is 6.42 Å². The number of aliphatic hydroxyl groups excluding tert-OH is 1. The molecule has 0 saturated heterocycles. The molecule has 2 rings (SSSR count). The van der Waals surface area contributed by atoms with Gasteiger partial charge in [0.05, 0.1) is 0 Å². The molecule has 1 aromatic heterocycles. The lowest BCUT2D eigenvalue weighted by Crippen LogP contribution is -2.26. The van der Waals surface area contributed by atoms with Crippen LogP contribution >= 0.6 is 11.3 Å². The van der Waals surface area contributed by atoms with Crippen LogP contribution in [-0.4, -0.2) is 24.2 Å². The third-order valence-corrected chi connectivity index (χ3v) is 4.02. The topological polar surface area (TPSA) is 49.3 Å². The second-order valence-corrected chi connectivity index (χ2v) is 5.58. The van der Waals surface area contributed by atoms with Gasteiger partial charge in [-0.2, -0.15) is 0 Å². The molecule has 1 amide bonds. The van der Waals surface area contributed by atoms with Crippen molar-refractivity contribution in [2.75, 3.05) is 13.2 Å². The van der Waals surface area contributed by atoms with Crippen molar-refractivity contribution in [3.63, 3.8) is 0 Å². The number of carbonyl (C=O) groups is 1. The van der Waals surface area contributed by atoms with Crippen LogP contribution < -0.4 is 5.32 Å². The zero-order chi connectivity index (χ0) is 11.5. The van der Waals surface area contributed by atoms with Crippen LogP contribution in [0.3, 0.4) is 0 Å². The number of thiophene rings is 1. The van der Waals surface area contributed by atoms with Crippen LogP contribution in [0.2, 0.25) is 0 Å². The van der Waals surface area contributed by atoms with Gasteiger partial charge in [-0.15, -0.1) is 11.3 Å². The standard InChI is InChI=1S/C12H17NO2S/c1-8-3-4-11(16-8)9-7-10(9)12(15)13-5-2-6-14/h3-4,9-10,14H,2,5-7H2,1H3,(H,13,15)/t9-,10+/m0/s1. The first-order valence-corrected chi connectivity index (χ1v) is 6.49. The molecule has 1 saturated carbocycles. The summed E-state index contributed by atoms with van der Waals surface area (Å²) in [4.78, 5) is 14.3. The molecule has 1 fully saturated rings. The third kappa shape index (κ3) is 2.62. The number of hydrogen-bond acceptors (Lipinski definition) is 3. The molecular formula is C12H17NO2S. The summed E-state index contributed by atoms with van der Waals surface area (Å²) in [6.07, 6.45) is 1.62. The monoisotopic (exact) mass is 239 g/mol. The minimum absolute atomic E-state index is 0.137. The van der Waals surface area contributed by atoms with Gasteiger partial charge in [-0.3, -0.25) is 4.79 Å². The Labute approximate surface area is 99.5 Å². The van der Waals surface area contributed by atoms with Crippen LogP contribution in [0.5, 0.6) is 0 Å². The molecule has 2 atom stereocenters. The molecule has 1 aliphatic rings. The van der Waals surface area contributed by atoms with Gasteiger partial charge in [-0.1, -0.05) is 0 Å². The molecule has 4 heteroatoms. The number of aryl methyl sites for hydroxylation is 1. The maximum absolute atomic E-state index is 11.7. The van der Waals surface area contributed by atoms with Crippen molar-refractivity contribution in [3.05, 3.63) is 21.9 Å². The predicted molar refractivity (Wildman–Crippen MR) is 64.6 cm³/mol. The smallest absolute Gasteiger partial charge is 0.223 e. The summed E-state index contributed by atoms with van der Waals surface area (Å²) >= 11 is 1.79. The normalized spacial score (nSPS) is 23.1. The lowest BCUT2D eigenvalue weighted by molar-refractivity contribution is -0.122. The number of hydrogen-bond donors (Lipinski definition) is 2. The minimum atomic E-state index is 0.137. The summed E-state index contributed by atoms with van der Waals surface area (Å²) < 4.78 is 0. The van der Waals surface area contributed by atoms with E-state index in [9.17, 15) is 4.79 Å². The first-order valence-electron chi connectivity index (χ1n) is 5.67. The van der Waals surface area contributed by atoms with Crippen molar-refractivity contribution in [1.82, 2.24) is 5.32 Å². The van der Waals surface area contributed by atoms with E-state index in [-0.39, 0.29) is 18.4 Å². The van der Waals surface area contributed by atoms with Gasteiger partial charge in [0.15, 0.2) is 0 Å². The second kappa shape index (κ2) is 4.97.